The van der Waals surface area contributed by atoms with E-state index in [0.29, 0.717) is 17.6 Å². The number of rotatable bonds is 4. The third-order valence-corrected chi connectivity index (χ3v) is 3.83. The van der Waals surface area contributed by atoms with Crippen LogP contribution in [0, 0.1) is 17.0 Å². The van der Waals surface area contributed by atoms with Crippen LogP contribution in [0.15, 0.2) is 0 Å². The van der Waals surface area contributed by atoms with Gasteiger partial charge in [0.1, 0.15) is 5.69 Å². The fraction of sp³-hybridized carbons (Fsp3) is 0.769. The van der Waals surface area contributed by atoms with Crippen molar-refractivity contribution in [3.63, 3.8) is 0 Å². The summed E-state index contributed by atoms with van der Waals surface area (Å²) in [5.74, 6) is 0.655. The first-order chi connectivity index (χ1) is 9.45. The van der Waals surface area contributed by atoms with Crippen molar-refractivity contribution in [2.45, 2.75) is 45.7 Å². The number of nitro groups is 1. The van der Waals surface area contributed by atoms with Crippen molar-refractivity contribution in [2.75, 3.05) is 25.0 Å². The number of piperidine rings is 1. The molecule has 0 aliphatic carbocycles. The van der Waals surface area contributed by atoms with Crippen LogP contribution < -0.4 is 10.2 Å². The molecule has 1 aliphatic heterocycles. The van der Waals surface area contributed by atoms with Crippen molar-refractivity contribution in [1.82, 2.24) is 15.1 Å². The van der Waals surface area contributed by atoms with Gasteiger partial charge in [0.15, 0.2) is 0 Å². The van der Waals surface area contributed by atoms with Gasteiger partial charge in [-0.05, 0) is 40.7 Å². The number of likely N-dealkylation sites (N-methyl/N-ethyl adjacent to an activating group) is 1. The second-order valence-corrected chi connectivity index (χ2v) is 5.63. The lowest BCUT2D eigenvalue weighted by atomic mass is 10.1. The average Bonchev–Trinajstić information content (AvgIpc) is 2.76. The van der Waals surface area contributed by atoms with Gasteiger partial charge in [0, 0.05) is 25.2 Å². The van der Waals surface area contributed by atoms with Crippen molar-refractivity contribution in [3.05, 3.63) is 15.8 Å². The highest BCUT2D eigenvalue weighted by Crippen LogP contribution is 2.35. The van der Waals surface area contributed by atoms with Gasteiger partial charge in [0.2, 0.25) is 5.82 Å². The Morgan fingerprint density at radius 2 is 2.20 bits per heavy atom. The molecule has 1 aromatic heterocycles. The van der Waals surface area contributed by atoms with Crippen LogP contribution in [0.2, 0.25) is 0 Å². The second kappa shape index (κ2) is 5.78. The van der Waals surface area contributed by atoms with Gasteiger partial charge in [-0.25, -0.2) is 4.68 Å². The van der Waals surface area contributed by atoms with Crippen LogP contribution in [0.3, 0.4) is 0 Å². The van der Waals surface area contributed by atoms with E-state index >= 15 is 0 Å². The molecule has 1 fully saturated rings. The van der Waals surface area contributed by atoms with Crippen LogP contribution in [0.4, 0.5) is 11.5 Å². The monoisotopic (exact) mass is 281 g/mol. The Hall–Kier alpha value is -1.63. The number of nitrogens with zero attached hydrogens (tertiary/aromatic N) is 4. The summed E-state index contributed by atoms with van der Waals surface area (Å²) in [7, 11) is 1.94. The topological polar surface area (TPSA) is 76.2 Å². The number of aryl methyl sites for hydroxylation is 1. The Balaban J connectivity index is 2.44. The average molecular weight is 281 g/mol. The quantitative estimate of drug-likeness (QED) is 0.673. The van der Waals surface area contributed by atoms with E-state index in [0.717, 1.165) is 25.9 Å². The summed E-state index contributed by atoms with van der Waals surface area (Å²) in [4.78, 5) is 13.2. The van der Waals surface area contributed by atoms with Gasteiger partial charge in [-0.2, -0.15) is 5.10 Å². The molecule has 0 amide bonds. The van der Waals surface area contributed by atoms with Crippen molar-refractivity contribution < 1.29 is 4.92 Å². The number of hydrogen-bond acceptors (Lipinski definition) is 5. The summed E-state index contributed by atoms with van der Waals surface area (Å²) in [6, 6.07) is 0.478. The molecule has 2 rings (SSSR count). The molecule has 0 aromatic carbocycles. The van der Waals surface area contributed by atoms with E-state index in [-0.39, 0.29) is 16.7 Å². The lowest BCUT2D eigenvalue weighted by Gasteiger charge is -2.34. The van der Waals surface area contributed by atoms with Crippen LogP contribution in [0.1, 0.15) is 38.4 Å². The summed E-state index contributed by atoms with van der Waals surface area (Å²) >= 11 is 0. The molecular weight excluding hydrogens is 258 g/mol. The van der Waals surface area contributed by atoms with Crippen LogP contribution >= 0.6 is 0 Å². The minimum Gasteiger partial charge on any atom is -0.350 e. The number of hydrogen-bond donors (Lipinski definition) is 1. The zero-order chi connectivity index (χ0) is 14.9. The lowest BCUT2D eigenvalue weighted by Crippen LogP contribution is -2.45. The molecule has 1 aliphatic rings. The third kappa shape index (κ3) is 2.63. The van der Waals surface area contributed by atoms with E-state index in [1.165, 1.54) is 0 Å². The summed E-state index contributed by atoms with van der Waals surface area (Å²) < 4.78 is 1.78. The summed E-state index contributed by atoms with van der Waals surface area (Å²) in [5, 5.41) is 19.0. The van der Waals surface area contributed by atoms with Gasteiger partial charge in [0.05, 0.1) is 4.92 Å². The number of nitrogens with one attached hydrogen (secondary N) is 1. The van der Waals surface area contributed by atoms with Gasteiger partial charge in [-0.3, -0.25) is 10.1 Å². The largest absolute Gasteiger partial charge is 0.350 e. The minimum absolute atomic E-state index is 0.104. The molecule has 0 saturated carbocycles. The molecule has 1 N–H and O–H groups in total. The fourth-order valence-corrected chi connectivity index (χ4v) is 2.80. The SMILES string of the molecule is CNC1CCCN(c2c([N+](=O)[O-])c(C)nn2C(C)C)C1. The maximum Gasteiger partial charge on any atom is 0.333 e. The fourth-order valence-electron chi connectivity index (χ4n) is 2.80. The molecule has 2 heterocycles. The highest BCUT2D eigenvalue weighted by Gasteiger charge is 2.32. The number of anilines is 1. The van der Waals surface area contributed by atoms with Gasteiger partial charge < -0.3 is 10.2 Å². The molecule has 0 bridgehead atoms. The van der Waals surface area contributed by atoms with E-state index < -0.39 is 0 Å². The van der Waals surface area contributed by atoms with Crippen LogP contribution in [0.5, 0.6) is 0 Å². The van der Waals surface area contributed by atoms with E-state index in [4.69, 9.17) is 0 Å². The molecule has 1 unspecified atom stereocenters. The van der Waals surface area contributed by atoms with Gasteiger partial charge in [0.25, 0.3) is 0 Å². The van der Waals surface area contributed by atoms with Crippen molar-refractivity contribution in [1.29, 1.82) is 0 Å². The molecule has 1 aromatic rings. The molecule has 1 saturated heterocycles. The Labute approximate surface area is 119 Å². The van der Waals surface area contributed by atoms with E-state index in [9.17, 15) is 10.1 Å². The molecule has 0 spiro atoms. The van der Waals surface area contributed by atoms with Crippen molar-refractivity contribution in [2.24, 2.45) is 0 Å². The standard InChI is InChI=1S/C13H23N5O2/c1-9(2)17-13(12(18(19)20)10(3)15-17)16-7-5-6-11(8-16)14-4/h9,11,14H,5-8H2,1-4H3. The first-order valence-electron chi connectivity index (χ1n) is 7.11. The van der Waals surface area contributed by atoms with E-state index in [1.54, 1.807) is 11.6 Å². The number of aromatic nitrogens is 2. The minimum atomic E-state index is -0.306. The normalized spacial score (nSPS) is 19.6. The maximum atomic E-state index is 11.4. The Kier molecular flexibility index (Phi) is 4.27. The summed E-state index contributed by atoms with van der Waals surface area (Å²) in [6.45, 7) is 7.34. The first-order valence-corrected chi connectivity index (χ1v) is 7.11. The van der Waals surface area contributed by atoms with Gasteiger partial charge in [-0.15, -0.1) is 0 Å². The Bertz CT molecular complexity index is 497. The summed E-state index contributed by atoms with van der Waals surface area (Å²) in [5.41, 5.74) is 0.640. The highest BCUT2D eigenvalue weighted by molar-refractivity contribution is 5.62. The van der Waals surface area contributed by atoms with E-state index in [2.05, 4.69) is 15.3 Å². The first kappa shape index (κ1) is 14.8. The Morgan fingerprint density at radius 1 is 1.50 bits per heavy atom. The zero-order valence-electron chi connectivity index (χ0n) is 12.6. The molecular formula is C13H23N5O2. The van der Waals surface area contributed by atoms with Crippen LogP contribution in [0.25, 0.3) is 0 Å². The molecule has 7 heteroatoms. The molecule has 7 nitrogen and oxygen atoms in total. The van der Waals surface area contributed by atoms with Gasteiger partial charge >= 0.3 is 5.69 Å². The van der Waals surface area contributed by atoms with Crippen LogP contribution in [-0.4, -0.2) is 40.9 Å². The molecule has 0 radical (unpaired) electrons. The van der Waals surface area contributed by atoms with Gasteiger partial charge in [-0.1, -0.05) is 0 Å². The predicted octanol–water partition coefficient (Wildman–Crippen LogP) is 1.87. The van der Waals surface area contributed by atoms with Crippen molar-refractivity contribution >= 4 is 11.5 Å². The Morgan fingerprint density at radius 3 is 2.75 bits per heavy atom. The lowest BCUT2D eigenvalue weighted by molar-refractivity contribution is -0.384. The third-order valence-electron chi connectivity index (χ3n) is 3.83. The molecule has 1 atom stereocenters. The van der Waals surface area contributed by atoms with Crippen molar-refractivity contribution in [3.8, 4) is 0 Å². The predicted molar refractivity (Wildman–Crippen MR) is 78.3 cm³/mol. The summed E-state index contributed by atoms with van der Waals surface area (Å²) in [6.07, 6.45) is 2.14. The highest BCUT2D eigenvalue weighted by atomic mass is 16.6. The molecule has 112 valence electrons. The van der Waals surface area contributed by atoms with E-state index in [1.807, 2.05) is 20.9 Å². The smallest absolute Gasteiger partial charge is 0.333 e. The maximum absolute atomic E-state index is 11.4. The molecule has 20 heavy (non-hydrogen) atoms. The van der Waals surface area contributed by atoms with Crippen LogP contribution in [-0.2, 0) is 0 Å². The second-order valence-electron chi connectivity index (χ2n) is 5.63. The zero-order valence-corrected chi connectivity index (χ0v) is 12.6.